The van der Waals surface area contributed by atoms with Gasteiger partial charge in [-0.3, -0.25) is 20.4 Å². The summed E-state index contributed by atoms with van der Waals surface area (Å²) in [5, 5.41) is 0.0789. The quantitative estimate of drug-likeness (QED) is 0.257. The van der Waals surface area contributed by atoms with E-state index in [1.165, 1.54) is 30.3 Å². The molecule has 2 aromatic carbocycles. The molecule has 0 saturated carbocycles. The first-order chi connectivity index (χ1) is 10.4. The number of amides is 1. The number of nitrogens with two attached hydrogens (primary N) is 1. The molecule has 124 valence electrons. The van der Waals surface area contributed by atoms with Gasteiger partial charge in [0.15, 0.2) is 0 Å². The van der Waals surface area contributed by atoms with Crippen molar-refractivity contribution in [3.63, 3.8) is 0 Å². The summed E-state index contributed by atoms with van der Waals surface area (Å²) in [5.41, 5.74) is 11.7. The molecule has 0 unspecified atom stereocenters. The first kappa shape index (κ1) is 19.1. The third kappa shape index (κ3) is 5.04. The van der Waals surface area contributed by atoms with E-state index in [9.17, 15) is 13.2 Å². The van der Waals surface area contributed by atoms with Crippen LogP contribution in [0.15, 0.2) is 47.4 Å². The molecule has 7 nitrogen and oxygen atoms in total. The van der Waals surface area contributed by atoms with Crippen molar-refractivity contribution in [2.75, 3.05) is 15.9 Å². The van der Waals surface area contributed by atoms with Crippen molar-refractivity contribution < 1.29 is 30.3 Å². The molecule has 5 N–H and O–H groups in total. The first-order valence-corrected chi connectivity index (χ1v) is 7.91. The minimum Gasteiger partial charge on any atom is -0.399 e. The van der Waals surface area contributed by atoms with Gasteiger partial charge in [-0.1, -0.05) is 11.6 Å². The average Bonchev–Trinajstić information content (AvgIpc) is 2.48. The standard InChI is InChI=1S/C13H13ClN4O3S.Fe/c14-12-6-1-9(15)7-13(12)22(20,21)18-11-4-2-10(3-5-11)17-16-8-19;/h1-8,17-18H,15H2,(H,16,19);. The van der Waals surface area contributed by atoms with Crippen LogP contribution in [0.2, 0.25) is 5.02 Å². The number of carbonyl (C=O) groups excluding carboxylic acids is 1. The van der Waals surface area contributed by atoms with Gasteiger partial charge < -0.3 is 5.73 Å². The Balaban J connectivity index is 0.00000264. The number of hydrogen-bond donors (Lipinski definition) is 4. The van der Waals surface area contributed by atoms with Crippen molar-refractivity contribution in [1.82, 2.24) is 5.43 Å². The first-order valence-electron chi connectivity index (χ1n) is 6.05. The predicted molar refractivity (Wildman–Crippen MR) is 85.9 cm³/mol. The summed E-state index contributed by atoms with van der Waals surface area (Å²) in [7, 11) is -3.85. The van der Waals surface area contributed by atoms with Crippen molar-refractivity contribution in [3.05, 3.63) is 47.5 Å². The van der Waals surface area contributed by atoms with Crippen LogP contribution in [0.25, 0.3) is 0 Å². The van der Waals surface area contributed by atoms with Crippen molar-refractivity contribution in [2.24, 2.45) is 0 Å². The summed E-state index contributed by atoms with van der Waals surface area (Å²) in [6.45, 7) is 0. The molecule has 2 aromatic rings. The molecule has 0 aromatic heterocycles. The molecule has 0 aliphatic carbocycles. The van der Waals surface area contributed by atoms with Crippen LogP contribution in [0.3, 0.4) is 0 Å². The summed E-state index contributed by atoms with van der Waals surface area (Å²) in [6, 6.07) is 10.5. The van der Waals surface area contributed by atoms with Crippen molar-refractivity contribution in [2.45, 2.75) is 4.90 Å². The Kier molecular flexibility index (Phi) is 6.71. The van der Waals surface area contributed by atoms with Gasteiger partial charge in [-0.15, -0.1) is 0 Å². The minimum atomic E-state index is -3.85. The van der Waals surface area contributed by atoms with Crippen LogP contribution in [0.5, 0.6) is 0 Å². The van der Waals surface area contributed by atoms with Crippen LogP contribution in [-0.2, 0) is 31.9 Å². The Morgan fingerprint density at radius 1 is 1.04 bits per heavy atom. The van der Waals surface area contributed by atoms with E-state index in [4.69, 9.17) is 17.3 Å². The van der Waals surface area contributed by atoms with Crippen molar-refractivity contribution in [1.29, 1.82) is 0 Å². The molecular formula is C13H13ClFeN4O3S. The van der Waals surface area contributed by atoms with Gasteiger partial charge in [0.25, 0.3) is 10.0 Å². The predicted octanol–water partition coefficient (Wildman–Crippen LogP) is 1.79. The van der Waals surface area contributed by atoms with E-state index in [0.29, 0.717) is 23.5 Å². The number of sulfonamides is 1. The summed E-state index contributed by atoms with van der Waals surface area (Å²) in [5.74, 6) is 0. The van der Waals surface area contributed by atoms with Crippen LogP contribution in [0.1, 0.15) is 0 Å². The molecule has 0 aliphatic heterocycles. The third-order valence-electron chi connectivity index (χ3n) is 2.66. The van der Waals surface area contributed by atoms with E-state index in [-0.39, 0.29) is 27.0 Å². The van der Waals surface area contributed by atoms with Crippen LogP contribution < -0.4 is 21.3 Å². The Morgan fingerprint density at radius 2 is 1.65 bits per heavy atom. The second-order valence-corrected chi connectivity index (χ2v) is 6.32. The number of nitrogen functional groups attached to an aromatic ring is 1. The SMILES string of the molecule is Nc1ccc(Cl)c(S(=O)(=O)Nc2ccc(NNC=O)cc2)c1.[Fe]. The van der Waals surface area contributed by atoms with Gasteiger partial charge in [0.05, 0.1) is 10.7 Å². The fraction of sp³-hybridized carbons (Fsp3) is 0. The Morgan fingerprint density at radius 3 is 2.26 bits per heavy atom. The van der Waals surface area contributed by atoms with Crippen LogP contribution in [0.4, 0.5) is 17.1 Å². The third-order valence-corrected chi connectivity index (χ3v) is 4.52. The van der Waals surface area contributed by atoms with Gasteiger partial charge in [0, 0.05) is 28.4 Å². The normalized spacial score (nSPS) is 10.3. The second kappa shape index (κ2) is 8.07. The molecule has 0 heterocycles. The molecule has 1 amide bonds. The molecule has 0 bridgehead atoms. The zero-order valence-corrected chi connectivity index (χ0v) is 14.2. The molecule has 0 fully saturated rings. The van der Waals surface area contributed by atoms with E-state index >= 15 is 0 Å². The van der Waals surface area contributed by atoms with Gasteiger partial charge in [-0.25, -0.2) is 8.42 Å². The average molecular weight is 397 g/mol. The van der Waals surface area contributed by atoms with E-state index < -0.39 is 10.0 Å². The smallest absolute Gasteiger partial charge is 0.263 e. The maximum Gasteiger partial charge on any atom is 0.263 e. The van der Waals surface area contributed by atoms with E-state index in [0.717, 1.165) is 0 Å². The number of rotatable bonds is 6. The van der Waals surface area contributed by atoms with Crippen LogP contribution in [0, 0.1) is 0 Å². The summed E-state index contributed by atoms with van der Waals surface area (Å²) in [6.07, 6.45) is 0.485. The fourth-order valence-corrected chi connectivity index (χ4v) is 3.27. The number of carbonyl (C=O) groups is 1. The minimum absolute atomic E-state index is 0. The zero-order valence-electron chi connectivity index (χ0n) is 11.6. The van der Waals surface area contributed by atoms with E-state index in [1.807, 2.05) is 0 Å². The van der Waals surface area contributed by atoms with Gasteiger partial charge in [0.2, 0.25) is 6.41 Å². The number of halogens is 1. The number of hydrazine groups is 1. The molecule has 0 atom stereocenters. The topological polar surface area (TPSA) is 113 Å². The second-order valence-electron chi connectivity index (χ2n) is 4.26. The molecular weight excluding hydrogens is 384 g/mol. The molecule has 0 spiro atoms. The van der Waals surface area contributed by atoms with Gasteiger partial charge in [-0.2, -0.15) is 0 Å². The Labute approximate surface area is 149 Å². The summed E-state index contributed by atoms with van der Waals surface area (Å²) >= 11 is 5.90. The summed E-state index contributed by atoms with van der Waals surface area (Å²) < 4.78 is 27.0. The molecule has 23 heavy (non-hydrogen) atoms. The molecule has 0 aliphatic rings. The van der Waals surface area contributed by atoms with Crippen LogP contribution in [-0.4, -0.2) is 14.8 Å². The number of benzene rings is 2. The van der Waals surface area contributed by atoms with Crippen LogP contribution >= 0.6 is 11.6 Å². The van der Waals surface area contributed by atoms with Gasteiger partial charge >= 0.3 is 0 Å². The van der Waals surface area contributed by atoms with Gasteiger partial charge in [-0.05, 0) is 42.5 Å². The summed E-state index contributed by atoms with van der Waals surface area (Å²) in [4.78, 5) is 10.1. The van der Waals surface area contributed by atoms with Crippen molar-refractivity contribution in [3.8, 4) is 0 Å². The Bertz CT molecular complexity index is 784. The number of nitrogens with one attached hydrogen (secondary N) is 3. The zero-order chi connectivity index (χ0) is 16.2. The fourth-order valence-electron chi connectivity index (χ4n) is 1.67. The molecule has 0 radical (unpaired) electrons. The molecule has 10 heteroatoms. The van der Waals surface area contributed by atoms with E-state index in [2.05, 4.69) is 15.6 Å². The van der Waals surface area contributed by atoms with Crippen molar-refractivity contribution >= 4 is 45.1 Å². The maximum atomic E-state index is 12.3. The number of anilines is 3. The molecule has 2 rings (SSSR count). The maximum absolute atomic E-state index is 12.3. The Hall–Kier alpha value is -1.93. The van der Waals surface area contributed by atoms with E-state index in [1.54, 1.807) is 12.1 Å². The molecule has 0 saturated heterocycles. The largest absolute Gasteiger partial charge is 0.399 e. The monoisotopic (exact) mass is 396 g/mol. The number of hydrogen-bond acceptors (Lipinski definition) is 5. The van der Waals surface area contributed by atoms with Gasteiger partial charge in [0.1, 0.15) is 4.90 Å².